The lowest BCUT2D eigenvalue weighted by atomic mass is 9.98. The molecule has 2 aromatic heterocycles. The number of amides is 2. The van der Waals surface area contributed by atoms with Crippen LogP contribution in [0, 0.1) is 5.92 Å². The fraction of sp³-hybridized carbons (Fsp3) is 0.353. The van der Waals surface area contributed by atoms with Crippen LogP contribution in [0.4, 0.5) is 0 Å². The third-order valence-electron chi connectivity index (χ3n) is 3.84. The Morgan fingerprint density at radius 2 is 2.04 bits per heavy atom. The van der Waals surface area contributed by atoms with Gasteiger partial charge in [-0.1, -0.05) is 31.9 Å². The molecular formula is C17H20ClN3O3. The highest BCUT2D eigenvalue weighted by Gasteiger charge is 2.26. The Balaban J connectivity index is 2.15. The lowest BCUT2D eigenvalue weighted by Crippen LogP contribution is -2.49. The fourth-order valence-electron chi connectivity index (χ4n) is 2.19. The highest BCUT2D eigenvalue weighted by atomic mass is 35.5. The third-order valence-corrected chi connectivity index (χ3v) is 4.06. The fourth-order valence-corrected chi connectivity index (χ4v) is 2.30. The molecule has 24 heavy (non-hydrogen) atoms. The Morgan fingerprint density at radius 1 is 1.29 bits per heavy atom. The smallest absolute Gasteiger partial charge is 0.287 e. The van der Waals surface area contributed by atoms with Gasteiger partial charge in [-0.25, -0.2) is 0 Å². The highest BCUT2D eigenvalue weighted by molar-refractivity contribution is 6.30. The van der Waals surface area contributed by atoms with Gasteiger partial charge in [-0.2, -0.15) is 0 Å². The number of hydrogen-bond acceptors (Lipinski definition) is 4. The maximum atomic E-state index is 12.4. The van der Waals surface area contributed by atoms with E-state index in [1.165, 1.54) is 6.20 Å². The van der Waals surface area contributed by atoms with Crippen molar-refractivity contribution in [3.05, 3.63) is 41.2 Å². The molecule has 0 radical (unpaired) electrons. The van der Waals surface area contributed by atoms with Crippen LogP contribution < -0.4 is 10.6 Å². The summed E-state index contributed by atoms with van der Waals surface area (Å²) >= 11 is 5.80. The van der Waals surface area contributed by atoms with E-state index in [1.807, 2.05) is 13.8 Å². The number of likely N-dealkylation sites (N-methyl/N-ethyl adjacent to an activating group) is 1. The number of rotatable bonds is 6. The van der Waals surface area contributed by atoms with E-state index < -0.39 is 11.9 Å². The number of carbonyl (C=O) groups is 2. The molecule has 6 nitrogen and oxygen atoms in total. The zero-order valence-corrected chi connectivity index (χ0v) is 14.6. The van der Waals surface area contributed by atoms with Crippen molar-refractivity contribution in [3.63, 3.8) is 0 Å². The first-order valence-corrected chi connectivity index (χ1v) is 8.08. The number of nitrogens with one attached hydrogen (secondary N) is 2. The summed E-state index contributed by atoms with van der Waals surface area (Å²) in [6, 6.07) is 5.99. The molecule has 2 aromatic rings. The van der Waals surface area contributed by atoms with Crippen molar-refractivity contribution in [3.8, 4) is 11.5 Å². The van der Waals surface area contributed by atoms with E-state index in [9.17, 15) is 9.59 Å². The third kappa shape index (κ3) is 4.14. The minimum Gasteiger partial charge on any atom is -0.449 e. The first-order chi connectivity index (χ1) is 11.5. The Kier molecular flexibility index (Phi) is 5.98. The van der Waals surface area contributed by atoms with E-state index in [2.05, 4.69) is 15.6 Å². The quantitative estimate of drug-likeness (QED) is 0.839. The summed E-state index contributed by atoms with van der Waals surface area (Å²) in [5.41, 5.74) is 0.572. The van der Waals surface area contributed by atoms with Gasteiger partial charge in [0.05, 0.1) is 5.02 Å². The number of halogens is 1. The van der Waals surface area contributed by atoms with Gasteiger partial charge in [0.1, 0.15) is 11.7 Å². The van der Waals surface area contributed by atoms with E-state index in [1.54, 1.807) is 31.3 Å². The lowest BCUT2D eigenvalue weighted by molar-refractivity contribution is -0.123. The molecule has 0 aliphatic rings. The number of nitrogens with zero attached hydrogens (tertiary/aromatic N) is 1. The molecule has 0 saturated heterocycles. The monoisotopic (exact) mass is 349 g/mol. The molecule has 0 aromatic carbocycles. The van der Waals surface area contributed by atoms with Crippen LogP contribution in [-0.2, 0) is 4.79 Å². The van der Waals surface area contributed by atoms with Crippen LogP contribution in [0.1, 0.15) is 30.8 Å². The number of carbonyl (C=O) groups excluding carboxylic acids is 2. The van der Waals surface area contributed by atoms with Gasteiger partial charge in [0, 0.05) is 13.2 Å². The van der Waals surface area contributed by atoms with E-state index in [4.69, 9.17) is 16.0 Å². The molecule has 2 N–H and O–H groups in total. The topological polar surface area (TPSA) is 84.2 Å². The Labute approximate surface area is 145 Å². The largest absolute Gasteiger partial charge is 0.449 e. The normalized spacial score (nSPS) is 13.2. The summed E-state index contributed by atoms with van der Waals surface area (Å²) in [6.07, 6.45) is 2.26. The van der Waals surface area contributed by atoms with Gasteiger partial charge in [-0.15, -0.1) is 0 Å². The first kappa shape index (κ1) is 18.0. The van der Waals surface area contributed by atoms with Crippen molar-refractivity contribution in [2.45, 2.75) is 26.3 Å². The van der Waals surface area contributed by atoms with Crippen LogP contribution in [0.3, 0.4) is 0 Å². The van der Waals surface area contributed by atoms with Crippen LogP contribution in [0.25, 0.3) is 11.5 Å². The number of pyridine rings is 1. The number of furan rings is 1. The molecule has 0 spiro atoms. The van der Waals surface area contributed by atoms with Crippen LogP contribution in [0.2, 0.25) is 5.02 Å². The van der Waals surface area contributed by atoms with Crippen molar-refractivity contribution in [2.75, 3.05) is 7.05 Å². The maximum absolute atomic E-state index is 12.4. The molecule has 128 valence electrons. The molecule has 2 amide bonds. The summed E-state index contributed by atoms with van der Waals surface area (Å²) < 4.78 is 5.55. The minimum absolute atomic E-state index is 0.00117. The summed E-state index contributed by atoms with van der Waals surface area (Å²) in [5, 5.41) is 5.81. The lowest BCUT2D eigenvalue weighted by Gasteiger charge is -2.22. The zero-order chi connectivity index (χ0) is 17.7. The molecule has 0 fully saturated rings. The van der Waals surface area contributed by atoms with Crippen molar-refractivity contribution in [1.82, 2.24) is 15.6 Å². The molecule has 0 aliphatic carbocycles. The van der Waals surface area contributed by atoms with Crippen LogP contribution >= 0.6 is 11.6 Å². The average Bonchev–Trinajstić information content (AvgIpc) is 3.09. The molecule has 0 aliphatic heterocycles. The van der Waals surface area contributed by atoms with Gasteiger partial charge in [-0.3, -0.25) is 14.6 Å². The first-order valence-electron chi connectivity index (χ1n) is 7.70. The van der Waals surface area contributed by atoms with Crippen LogP contribution in [0.5, 0.6) is 0 Å². The Morgan fingerprint density at radius 3 is 2.62 bits per heavy atom. The number of aromatic nitrogens is 1. The van der Waals surface area contributed by atoms with Crippen LogP contribution in [0.15, 0.2) is 34.9 Å². The number of hydrogen-bond donors (Lipinski definition) is 2. The molecule has 2 rings (SSSR count). The van der Waals surface area contributed by atoms with E-state index in [0.29, 0.717) is 16.5 Å². The molecule has 2 heterocycles. The molecule has 7 heteroatoms. The summed E-state index contributed by atoms with van der Waals surface area (Å²) in [4.78, 5) is 28.5. The van der Waals surface area contributed by atoms with Crippen molar-refractivity contribution in [2.24, 2.45) is 5.92 Å². The molecule has 2 unspecified atom stereocenters. The minimum atomic E-state index is -0.616. The van der Waals surface area contributed by atoms with Crippen molar-refractivity contribution >= 4 is 23.4 Å². The molecular weight excluding hydrogens is 330 g/mol. The SMILES string of the molecule is CCC(C)C(NC(=O)c1ccc(-c2ccc(Cl)cn2)o1)C(=O)NC. The second-order valence-corrected chi connectivity index (χ2v) is 5.91. The van der Waals surface area contributed by atoms with Gasteiger partial charge >= 0.3 is 0 Å². The Hall–Kier alpha value is -2.34. The summed E-state index contributed by atoms with van der Waals surface area (Å²) in [7, 11) is 1.54. The predicted octanol–water partition coefficient (Wildman–Crippen LogP) is 2.89. The molecule has 2 atom stereocenters. The predicted molar refractivity (Wildman–Crippen MR) is 91.7 cm³/mol. The van der Waals surface area contributed by atoms with Crippen molar-refractivity contribution < 1.29 is 14.0 Å². The van der Waals surface area contributed by atoms with Crippen LogP contribution in [-0.4, -0.2) is 29.9 Å². The molecule has 0 bridgehead atoms. The highest BCUT2D eigenvalue weighted by Crippen LogP contribution is 2.21. The summed E-state index contributed by atoms with van der Waals surface area (Å²) in [5.74, 6) is -0.0926. The standard InChI is InChI=1S/C17H20ClN3O3/c1-4-10(2)15(17(23)19-3)21-16(22)14-8-7-13(24-14)12-6-5-11(18)9-20-12/h5-10,15H,4H2,1-3H3,(H,19,23)(H,21,22). The van der Waals surface area contributed by atoms with Gasteiger partial charge < -0.3 is 15.1 Å². The van der Waals surface area contributed by atoms with Gasteiger partial charge in [0.25, 0.3) is 5.91 Å². The van der Waals surface area contributed by atoms with Gasteiger partial charge in [0.2, 0.25) is 5.91 Å². The average molecular weight is 350 g/mol. The molecule has 0 saturated carbocycles. The summed E-state index contributed by atoms with van der Waals surface area (Å²) in [6.45, 7) is 3.87. The second-order valence-electron chi connectivity index (χ2n) is 5.48. The van der Waals surface area contributed by atoms with Crippen molar-refractivity contribution in [1.29, 1.82) is 0 Å². The van der Waals surface area contributed by atoms with Gasteiger partial charge in [0.15, 0.2) is 11.5 Å². The van der Waals surface area contributed by atoms with Gasteiger partial charge in [-0.05, 0) is 30.2 Å². The Bertz CT molecular complexity index is 712. The zero-order valence-electron chi connectivity index (χ0n) is 13.8. The second kappa shape index (κ2) is 7.97. The van der Waals surface area contributed by atoms with E-state index in [0.717, 1.165) is 6.42 Å². The maximum Gasteiger partial charge on any atom is 0.287 e. The van der Waals surface area contributed by atoms with E-state index in [-0.39, 0.29) is 17.6 Å². The van der Waals surface area contributed by atoms with E-state index >= 15 is 0 Å².